The Labute approximate surface area is 149 Å². The molecule has 0 spiro atoms. The first-order valence-corrected chi connectivity index (χ1v) is 9.15. The van der Waals surface area contributed by atoms with E-state index in [1.807, 2.05) is 0 Å². The van der Waals surface area contributed by atoms with Gasteiger partial charge in [0, 0.05) is 7.05 Å². The van der Waals surface area contributed by atoms with E-state index >= 15 is 0 Å². The molecule has 1 aliphatic carbocycles. The monoisotopic (exact) mass is 363 g/mol. The van der Waals surface area contributed by atoms with Crippen molar-refractivity contribution in [3.63, 3.8) is 0 Å². The molecule has 8 heteroatoms. The number of amides is 1. The summed E-state index contributed by atoms with van der Waals surface area (Å²) in [6.07, 6.45) is 4.32. The smallest absolute Gasteiger partial charge is 0.331 e. The highest BCUT2D eigenvalue weighted by Gasteiger charge is 2.44. The van der Waals surface area contributed by atoms with Crippen LogP contribution in [0.4, 0.5) is 0 Å². The number of ether oxygens (including phenoxy) is 1. The molecule has 3 rings (SSSR count). The van der Waals surface area contributed by atoms with Gasteiger partial charge in [-0.3, -0.25) is 9.59 Å². The molecule has 0 aliphatic heterocycles. The number of nitrogens with zero attached hydrogens (tertiary/aromatic N) is 2. The summed E-state index contributed by atoms with van der Waals surface area (Å²) in [5.41, 5.74) is -0.546. The first-order chi connectivity index (χ1) is 11.9. The Morgan fingerprint density at radius 1 is 1.40 bits per heavy atom. The van der Waals surface area contributed by atoms with Crippen LogP contribution in [0.25, 0.3) is 10.2 Å². The maximum Gasteiger partial charge on any atom is 0.331 e. The average Bonchev–Trinajstić information content (AvgIpc) is 3.17. The minimum atomic E-state index is -0.964. The van der Waals surface area contributed by atoms with Crippen LogP contribution in [-0.4, -0.2) is 33.6 Å². The molecule has 2 heterocycles. The zero-order chi connectivity index (χ0) is 18.2. The number of aromatic nitrogens is 2. The molecule has 1 N–H and O–H groups in total. The molecule has 2 aromatic heterocycles. The number of hydrogen-bond acceptors (Lipinski definition) is 6. The second kappa shape index (κ2) is 6.59. The molecule has 0 radical (unpaired) electrons. The lowest BCUT2D eigenvalue weighted by molar-refractivity contribution is -0.150. The fraction of sp³-hybridized carbons (Fsp3) is 0.529. The minimum absolute atomic E-state index is 0.182. The summed E-state index contributed by atoms with van der Waals surface area (Å²) in [5, 5.41) is 3.34. The summed E-state index contributed by atoms with van der Waals surface area (Å²) >= 11 is 1.17. The van der Waals surface area contributed by atoms with Gasteiger partial charge in [0.25, 0.3) is 11.5 Å². The Morgan fingerprint density at radius 3 is 2.72 bits per heavy atom. The maximum absolute atomic E-state index is 12.9. The lowest BCUT2D eigenvalue weighted by Gasteiger charge is -2.27. The van der Waals surface area contributed by atoms with E-state index in [-0.39, 0.29) is 24.0 Å². The highest BCUT2D eigenvalue weighted by molar-refractivity contribution is 7.20. The number of fused-ring (bicyclic) bond motifs is 1. The Kier molecular flexibility index (Phi) is 4.64. The van der Waals surface area contributed by atoms with Crippen molar-refractivity contribution in [3.8, 4) is 0 Å². The number of nitrogens with one attached hydrogen (secondary N) is 1. The van der Waals surface area contributed by atoms with Gasteiger partial charge in [-0.25, -0.2) is 9.78 Å². The van der Waals surface area contributed by atoms with Crippen LogP contribution in [0.3, 0.4) is 0 Å². The van der Waals surface area contributed by atoms with Crippen LogP contribution in [-0.2, 0) is 16.6 Å². The molecule has 0 bridgehead atoms. The van der Waals surface area contributed by atoms with E-state index in [9.17, 15) is 14.4 Å². The van der Waals surface area contributed by atoms with Crippen LogP contribution in [0.2, 0.25) is 0 Å². The van der Waals surface area contributed by atoms with Crippen molar-refractivity contribution in [2.24, 2.45) is 7.05 Å². The topological polar surface area (TPSA) is 90.3 Å². The van der Waals surface area contributed by atoms with E-state index in [2.05, 4.69) is 10.3 Å². The fourth-order valence-corrected chi connectivity index (χ4v) is 4.36. The van der Waals surface area contributed by atoms with E-state index < -0.39 is 5.54 Å². The molecule has 1 aliphatic rings. The summed E-state index contributed by atoms with van der Waals surface area (Å²) in [7, 11) is 1.62. The Bertz CT molecular complexity index is 893. The number of esters is 1. The van der Waals surface area contributed by atoms with Gasteiger partial charge in [-0.1, -0.05) is 12.8 Å². The minimum Gasteiger partial charge on any atom is -0.464 e. The molecule has 2 aromatic rings. The predicted molar refractivity (Wildman–Crippen MR) is 94.9 cm³/mol. The van der Waals surface area contributed by atoms with Crippen molar-refractivity contribution in [1.29, 1.82) is 0 Å². The van der Waals surface area contributed by atoms with E-state index in [1.165, 1.54) is 22.2 Å². The summed E-state index contributed by atoms with van der Waals surface area (Å²) in [6, 6.07) is 0. The van der Waals surface area contributed by atoms with Gasteiger partial charge in [-0.05, 0) is 32.3 Å². The average molecular weight is 363 g/mol. The summed E-state index contributed by atoms with van der Waals surface area (Å²) < 4.78 is 6.56. The molecule has 7 nitrogen and oxygen atoms in total. The van der Waals surface area contributed by atoms with Gasteiger partial charge in [-0.2, -0.15) is 0 Å². The standard InChI is InChI=1S/C17H21N3O4S/c1-4-24-16(23)17(7-5-6-8-17)19-13(21)12-10(2)11-14(25-12)18-9-20(3)15(11)22/h9H,4-8H2,1-3H3,(H,19,21). The van der Waals surface area contributed by atoms with Gasteiger partial charge in [-0.15, -0.1) is 11.3 Å². The van der Waals surface area contributed by atoms with E-state index in [0.717, 1.165) is 12.8 Å². The molecule has 0 aromatic carbocycles. The Balaban J connectivity index is 1.97. The van der Waals surface area contributed by atoms with E-state index in [4.69, 9.17) is 4.74 Å². The van der Waals surface area contributed by atoms with E-state index in [0.29, 0.717) is 33.5 Å². The number of carbonyl (C=O) groups is 2. The third-order valence-electron chi connectivity index (χ3n) is 4.69. The molecular formula is C17H21N3O4S. The third kappa shape index (κ3) is 2.95. The van der Waals surface area contributed by atoms with Crippen molar-refractivity contribution in [2.45, 2.75) is 45.1 Å². The Morgan fingerprint density at radius 2 is 2.08 bits per heavy atom. The molecule has 1 fully saturated rings. The quantitative estimate of drug-likeness (QED) is 0.838. The summed E-state index contributed by atoms with van der Waals surface area (Å²) in [6.45, 7) is 3.76. The third-order valence-corrected chi connectivity index (χ3v) is 5.89. The van der Waals surface area contributed by atoms with Crippen molar-refractivity contribution < 1.29 is 14.3 Å². The lowest BCUT2D eigenvalue weighted by Crippen LogP contribution is -2.53. The molecule has 25 heavy (non-hydrogen) atoms. The van der Waals surface area contributed by atoms with Gasteiger partial charge in [0.2, 0.25) is 0 Å². The zero-order valence-corrected chi connectivity index (χ0v) is 15.4. The van der Waals surface area contributed by atoms with Gasteiger partial charge < -0.3 is 14.6 Å². The van der Waals surface area contributed by atoms with Crippen molar-refractivity contribution >= 4 is 33.4 Å². The largest absolute Gasteiger partial charge is 0.464 e. The first kappa shape index (κ1) is 17.6. The summed E-state index contributed by atoms with van der Waals surface area (Å²) in [5.74, 6) is -0.730. The van der Waals surface area contributed by atoms with Crippen LogP contribution in [0.5, 0.6) is 0 Å². The normalized spacial score (nSPS) is 16.1. The van der Waals surface area contributed by atoms with Crippen LogP contribution < -0.4 is 10.9 Å². The molecule has 0 atom stereocenters. The molecule has 0 saturated heterocycles. The zero-order valence-electron chi connectivity index (χ0n) is 14.5. The van der Waals surface area contributed by atoms with Crippen LogP contribution in [0, 0.1) is 6.92 Å². The molecule has 0 unspecified atom stereocenters. The lowest BCUT2D eigenvalue weighted by atomic mass is 9.97. The second-order valence-electron chi connectivity index (χ2n) is 6.36. The number of thiophene rings is 1. The molecule has 1 amide bonds. The van der Waals surface area contributed by atoms with Gasteiger partial charge in [0.15, 0.2) is 0 Å². The number of carbonyl (C=O) groups excluding carboxylic acids is 2. The highest BCUT2D eigenvalue weighted by Crippen LogP contribution is 2.33. The van der Waals surface area contributed by atoms with Crippen molar-refractivity contribution in [3.05, 3.63) is 27.1 Å². The van der Waals surface area contributed by atoms with Gasteiger partial charge in [0.1, 0.15) is 10.4 Å². The first-order valence-electron chi connectivity index (χ1n) is 8.34. The molecular weight excluding hydrogens is 342 g/mol. The van der Waals surface area contributed by atoms with Crippen molar-refractivity contribution in [2.75, 3.05) is 6.61 Å². The van der Waals surface area contributed by atoms with Crippen LogP contribution in [0.15, 0.2) is 11.1 Å². The Hall–Kier alpha value is -2.22. The van der Waals surface area contributed by atoms with E-state index in [1.54, 1.807) is 20.9 Å². The SMILES string of the molecule is CCOC(=O)C1(NC(=O)c2sc3ncn(C)c(=O)c3c2C)CCCC1. The predicted octanol–water partition coefficient (Wildman–Crippen LogP) is 1.91. The van der Waals surface area contributed by atoms with Crippen LogP contribution in [0.1, 0.15) is 47.8 Å². The maximum atomic E-state index is 12.9. The number of hydrogen-bond donors (Lipinski definition) is 1. The van der Waals surface area contributed by atoms with Gasteiger partial charge >= 0.3 is 5.97 Å². The number of aryl methyl sites for hydroxylation is 2. The molecule has 1 saturated carbocycles. The summed E-state index contributed by atoms with van der Waals surface area (Å²) in [4.78, 5) is 42.7. The van der Waals surface area contributed by atoms with Crippen LogP contribution >= 0.6 is 11.3 Å². The highest BCUT2D eigenvalue weighted by atomic mass is 32.1. The van der Waals surface area contributed by atoms with Gasteiger partial charge in [0.05, 0.1) is 23.2 Å². The van der Waals surface area contributed by atoms with Crippen molar-refractivity contribution in [1.82, 2.24) is 14.9 Å². The second-order valence-corrected chi connectivity index (χ2v) is 7.36. The molecule has 134 valence electrons. The number of rotatable bonds is 4. The fourth-order valence-electron chi connectivity index (χ4n) is 3.33.